The van der Waals surface area contributed by atoms with Crippen LogP contribution in [0.5, 0.6) is 0 Å². The third-order valence-corrected chi connectivity index (χ3v) is 0. The van der Waals surface area contributed by atoms with E-state index in [2.05, 4.69) is 0 Å². The van der Waals surface area contributed by atoms with Gasteiger partial charge in [-0.3, -0.25) is 0 Å². The van der Waals surface area contributed by atoms with E-state index in [0.717, 1.165) is 0 Å². The Hall–Kier alpha value is 1.14. The van der Waals surface area contributed by atoms with Crippen LogP contribution in [-0.4, -0.2) is 22.8 Å². The molecule has 0 spiro atoms. The van der Waals surface area contributed by atoms with E-state index >= 15 is 0 Å². The fourth-order valence-corrected chi connectivity index (χ4v) is 0. The quantitative estimate of drug-likeness (QED) is 0.384. The molecule has 0 aliphatic carbocycles. The molecule has 0 aliphatic heterocycles. The minimum Gasteiger partial charge on any atom is -0.106 e. The van der Waals surface area contributed by atoms with E-state index in [4.69, 9.17) is 23.2 Å². The first-order chi connectivity index (χ1) is 1.73. The maximum Gasteiger partial charge on any atom is 3.00 e. The molecule has 0 aromatic rings. The first-order valence-corrected chi connectivity index (χ1v) is 1.89. The van der Waals surface area contributed by atoms with E-state index in [9.17, 15) is 0 Å². The van der Waals surface area contributed by atoms with Crippen LogP contribution in [-0.2, 0) is 0 Å². The van der Waals surface area contributed by atoms with Crippen molar-refractivity contribution in [1.29, 1.82) is 0 Å². The molecule has 0 rings (SSSR count). The topological polar surface area (TPSA) is 0 Å². The first-order valence-electron chi connectivity index (χ1n) is 1.01. The Bertz CT molecular complexity index is 12.4. The van der Waals surface area contributed by atoms with Gasteiger partial charge in [-0.05, 0) is 6.92 Å². The van der Waals surface area contributed by atoms with Crippen molar-refractivity contribution in [3.8, 4) is 0 Å². The van der Waals surface area contributed by atoms with Crippen molar-refractivity contribution >= 4 is 41.2 Å². The van der Waals surface area contributed by atoms with Gasteiger partial charge in [0.25, 0.3) is 0 Å². The Labute approximate surface area is 53.1 Å². The van der Waals surface area contributed by atoms with Crippen LogP contribution in [0, 0.1) is 0 Å². The first kappa shape index (κ1) is 9.46. The summed E-state index contributed by atoms with van der Waals surface area (Å²) in [5.74, 6) is 0. The van der Waals surface area contributed by atoms with Gasteiger partial charge < -0.3 is 0 Å². The summed E-state index contributed by atoms with van der Waals surface area (Å²) < 4.78 is 0. The van der Waals surface area contributed by atoms with E-state index in [0.29, 0.717) is 0 Å². The molecule has 0 fully saturated rings. The van der Waals surface area contributed by atoms with Gasteiger partial charge in [0.1, 0.15) is 4.84 Å². The van der Waals surface area contributed by atoms with Crippen molar-refractivity contribution in [2.24, 2.45) is 0 Å². The Morgan fingerprint density at radius 1 is 1.40 bits per heavy atom. The Morgan fingerprint density at radius 2 is 1.40 bits per heavy atom. The number of alkyl halides is 2. The second kappa shape index (κ2) is 5.14. The summed E-state index contributed by atoms with van der Waals surface area (Å²) in [6.45, 7) is 1.70. The number of halogens is 2. The van der Waals surface area contributed by atoms with Crippen molar-refractivity contribution in [3.05, 3.63) is 0 Å². The molecule has 0 unspecified atom stereocenters. The van der Waals surface area contributed by atoms with Gasteiger partial charge in [-0.15, -0.1) is 23.2 Å². The van der Waals surface area contributed by atoms with Gasteiger partial charge in [-0.1, -0.05) is 0 Å². The SMILES string of the molecule is CC(Cl)Cl.[As+3]. The van der Waals surface area contributed by atoms with Gasteiger partial charge in [0.05, 0.1) is 0 Å². The number of hydrogen-bond acceptors (Lipinski definition) is 0. The van der Waals surface area contributed by atoms with Gasteiger partial charge in [-0.25, -0.2) is 0 Å². The van der Waals surface area contributed by atoms with Gasteiger partial charge >= 0.3 is 18.0 Å². The molecule has 0 aliphatic rings. The van der Waals surface area contributed by atoms with Crippen molar-refractivity contribution in [2.75, 3.05) is 0 Å². The molecule has 3 heteroatoms. The molecule has 0 atom stereocenters. The summed E-state index contributed by atoms with van der Waals surface area (Å²) in [6, 6.07) is 0. The monoisotopic (exact) mass is 173 g/mol. The van der Waals surface area contributed by atoms with Crippen molar-refractivity contribution in [3.63, 3.8) is 0 Å². The average molecular weight is 174 g/mol. The molecule has 28 valence electrons. The molecule has 0 saturated carbocycles. The van der Waals surface area contributed by atoms with Crippen LogP contribution in [0.4, 0.5) is 0 Å². The number of hydrogen-bond donors (Lipinski definition) is 0. The van der Waals surface area contributed by atoms with E-state index < -0.39 is 0 Å². The van der Waals surface area contributed by atoms with Crippen molar-refractivity contribution in [1.82, 2.24) is 0 Å². The average Bonchev–Trinajstić information content (AvgIpc) is 0.811. The summed E-state index contributed by atoms with van der Waals surface area (Å²) in [6.07, 6.45) is 0. The van der Waals surface area contributed by atoms with Crippen LogP contribution in [0.2, 0.25) is 0 Å². The molecule has 0 bridgehead atoms. The van der Waals surface area contributed by atoms with Crippen molar-refractivity contribution in [2.45, 2.75) is 11.8 Å². The Morgan fingerprint density at radius 3 is 1.40 bits per heavy atom. The summed E-state index contributed by atoms with van der Waals surface area (Å²) >= 11 is 10.1. The summed E-state index contributed by atoms with van der Waals surface area (Å²) in [5.41, 5.74) is 0. The maximum atomic E-state index is 5.04. The normalized spacial score (nSPS) is 7.20. The summed E-state index contributed by atoms with van der Waals surface area (Å²) in [4.78, 5) is -0.222. The van der Waals surface area contributed by atoms with Gasteiger partial charge in [-0.2, -0.15) is 0 Å². The van der Waals surface area contributed by atoms with Crippen LogP contribution in [0.1, 0.15) is 6.92 Å². The fraction of sp³-hybridized carbons (Fsp3) is 1.00. The van der Waals surface area contributed by atoms with E-state index in [1.165, 1.54) is 0 Å². The molecule has 0 aromatic carbocycles. The second-order valence-electron chi connectivity index (χ2n) is 0.519. The van der Waals surface area contributed by atoms with E-state index in [-0.39, 0.29) is 22.8 Å². The zero-order valence-corrected chi connectivity index (χ0v) is 6.17. The predicted molar refractivity (Wildman–Crippen MR) is 26.9 cm³/mol. The largest absolute Gasteiger partial charge is 3.00 e. The summed E-state index contributed by atoms with van der Waals surface area (Å²) in [5, 5.41) is 0. The molecular formula is C2H4AsCl2+3. The standard InChI is InChI=1S/C2H4Cl2.As/c1-2(3)4;/h2H,1H3;/q;+3. The van der Waals surface area contributed by atoms with Crippen LogP contribution in [0.25, 0.3) is 0 Å². The fourth-order valence-electron chi connectivity index (χ4n) is 0. The molecule has 0 saturated heterocycles. The maximum absolute atomic E-state index is 5.04. The third-order valence-electron chi connectivity index (χ3n) is 0. The zero-order chi connectivity index (χ0) is 3.58. The minimum atomic E-state index is -0.222. The zero-order valence-electron chi connectivity index (χ0n) is 2.78. The van der Waals surface area contributed by atoms with Crippen LogP contribution in [0.3, 0.4) is 0 Å². The van der Waals surface area contributed by atoms with Gasteiger partial charge in [0, 0.05) is 0 Å². The molecule has 0 amide bonds. The van der Waals surface area contributed by atoms with Crippen LogP contribution >= 0.6 is 23.2 Å². The second-order valence-corrected chi connectivity index (χ2v) is 2.05. The van der Waals surface area contributed by atoms with Gasteiger partial charge in [0.2, 0.25) is 0 Å². The Kier molecular flexibility index (Phi) is 9.73. The van der Waals surface area contributed by atoms with Crippen LogP contribution in [0.15, 0.2) is 0 Å². The Balaban J connectivity index is 0. The smallest absolute Gasteiger partial charge is 0.106 e. The van der Waals surface area contributed by atoms with Crippen LogP contribution < -0.4 is 0 Å². The molecule has 0 aromatic heterocycles. The third kappa shape index (κ3) is 39.1. The predicted octanol–water partition coefficient (Wildman–Crippen LogP) is 1.43. The van der Waals surface area contributed by atoms with Gasteiger partial charge in [0.15, 0.2) is 0 Å². The van der Waals surface area contributed by atoms with E-state index in [1.54, 1.807) is 6.92 Å². The molecule has 5 heavy (non-hydrogen) atoms. The molecular weight excluding hydrogens is 170 g/mol. The summed E-state index contributed by atoms with van der Waals surface area (Å²) in [7, 11) is 0. The minimum absolute atomic E-state index is 0. The molecule has 0 nitrogen and oxygen atoms in total. The van der Waals surface area contributed by atoms with E-state index in [1.807, 2.05) is 0 Å². The number of rotatable bonds is 0. The molecule has 0 heterocycles. The molecule has 0 N–H and O–H groups in total. The van der Waals surface area contributed by atoms with Crippen molar-refractivity contribution < 1.29 is 0 Å². The molecule has 2 radical (unpaired) electrons.